The second-order valence-electron chi connectivity index (χ2n) is 5.24. The van der Waals surface area contributed by atoms with E-state index in [4.69, 9.17) is 9.47 Å². The van der Waals surface area contributed by atoms with Gasteiger partial charge in [-0.25, -0.2) is 0 Å². The summed E-state index contributed by atoms with van der Waals surface area (Å²) < 4.78 is 10.5. The Morgan fingerprint density at radius 2 is 1.89 bits per heavy atom. The average Bonchev–Trinajstić information content (AvgIpc) is 2.41. The lowest BCUT2D eigenvalue weighted by atomic mass is 9.94. The van der Waals surface area contributed by atoms with Crippen LogP contribution in [0, 0.1) is 5.92 Å². The van der Waals surface area contributed by atoms with Gasteiger partial charge in [0.25, 0.3) is 0 Å². The Bertz CT molecular complexity index is 185. The molecular weight excluding hydrogens is 228 g/mol. The third kappa shape index (κ3) is 8.03. The number of piperidine rings is 1. The van der Waals surface area contributed by atoms with E-state index in [0.717, 1.165) is 38.7 Å². The summed E-state index contributed by atoms with van der Waals surface area (Å²) in [5.41, 5.74) is 0. The van der Waals surface area contributed by atoms with Crippen molar-refractivity contribution in [1.29, 1.82) is 0 Å². The van der Waals surface area contributed by atoms with Crippen LogP contribution in [0.2, 0.25) is 0 Å². The van der Waals surface area contributed by atoms with Gasteiger partial charge in [0, 0.05) is 26.9 Å². The Morgan fingerprint density at radius 1 is 1.11 bits per heavy atom. The fourth-order valence-corrected chi connectivity index (χ4v) is 2.31. The van der Waals surface area contributed by atoms with Crippen molar-refractivity contribution in [2.45, 2.75) is 25.7 Å². The van der Waals surface area contributed by atoms with Crippen LogP contribution < -0.4 is 5.32 Å². The van der Waals surface area contributed by atoms with Crippen molar-refractivity contribution < 1.29 is 9.47 Å². The average molecular weight is 258 g/mol. The molecule has 4 nitrogen and oxygen atoms in total. The van der Waals surface area contributed by atoms with Crippen molar-refractivity contribution in [2.75, 3.05) is 60.2 Å². The normalized spacial score (nSPS) is 17.5. The highest BCUT2D eigenvalue weighted by Crippen LogP contribution is 2.15. The summed E-state index contributed by atoms with van der Waals surface area (Å²) in [6.45, 7) is 7.10. The molecule has 0 bridgehead atoms. The summed E-state index contributed by atoms with van der Waals surface area (Å²) in [5.74, 6) is 0.927. The highest BCUT2D eigenvalue weighted by atomic mass is 16.5. The van der Waals surface area contributed by atoms with Gasteiger partial charge in [0.2, 0.25) is 0 Å². The maximum Gasteiger partial charge on any atom is 0.0593 e. The van der Waals surface area contributed by atoms with Crippen molar-refractivity contribution in [3.05, 3.63) is 0 Å². The minimum absolute atomic E-state index is 0.797. The Kier molecular flexibility index (Phi) is 9.48. The highest BCUT2D eigenvalue weighted by Gasteiger charge is 2.13. The molecule has 0 aromatic heterocycles. The number of rotatable bonds is 10. The maximum absolute atomic E-state index is 5.57. The molecule has 0 aromatic carbocycles. The van der Waals surface area contributed by atoms with Crippen molar-refractivity contribution >= 4 is 0 Å². The van der Waals surface area contributed by atoms with Crippen LogP contribution in [0.3, 0.4) is 0 Å². The molecule has 0 aliphatic carbocycles. The Labute approximate surface area is 112 Å². The molecule has 0 amide bonds. The van der Waals surface area contributed by atoms with Crippen LogP contribution in [-0.4, -0.2) is 65.1 Å². The van der Waals surface area contributed by atoms with Crippen molar-refractivity contribution in [3.8, 4) is 0 Å². The molecule has 0 unspecified atom stereocenters. The fourth-order valence-electron chi connectivity index (χ4n) is 2.31. The second-order valence-corrected chi connectivity index (χ2v) is 5.24. The standard InChI is InChI=1S/C14H30N2O2/c1-16(10-13-18-12-3-11-17-2)9-6-14-4-7-15-8-5-14/h14-15H,3-13H2,1-2H3. The molecule has 0 saturated carbocycles. The molecule has 0 radical (unpaired) electrons. The summed E-state index contributed by atoms with van der Waals surface area (Å²) in [7, 11) is 3.92. The zero-order chi connectivity index (χ0) is 13.1. The molecule has 18 heavy (non-hydrogen) atoms. The number of ether oxygens (including phenoxy) is 2. The zero-order valence-electron chi connectivity index (χ0n) is 12.1. The van der Waals surface area contributed by atoms with E-state index >= 15 is 0 Å². The van der Waals surface area contributed by atoms with Gasteiger partial charge in [0.15, 0.2) is 0 Å². The molecule has 1 saturated heterocycles. The molecule has 1 fully saturated rings. The van der Waals surface area contributed by atoms with Crippen LogP contribution in [0.5, 0.6) is 0 Å². The molecule has 1 N–H and O–H groups in total. The lowest BCUT2D eigenvalue weighted by Crippen LogP contribution is -2.31. The molecule has 108 valence electrons. The zero-order valence-corrected chi connectivity index (χ0v) is 12.1. The largest absolute Gasteiger partial charge is 0.385 e. The topological polar surface area (TPSA) is 33.7 Å². The predicted octanol–water partition coefficient (Wildman–Crippen LogP) is 1.36. The number of nitrogens with zero attached hydrogens (tertiary/aromatic N) is 1. The maximum atomic E-state index is 5.57. The Balaban J connectivity index is 1.88. The van der Waals surface area contributed by atoms with Crippen molar-refractivity contribution in [3.63, 3.8) is 0 Å². The van der Waals surface area contributed by atoms with Crippen LogP contribution in [0.4, 0.5) is 0 Å². The number of hydrogen-bond donors (Lipinski definition) is 1. The van der Waals surface area contributed by atoms with Crippen LogP contribution in [0.15, 0.2) is 0 Å². The van der Waals surface area contributed by atoms with Gasteiger partial charge < -0.3 is 19.7 Å². The van der Waals surface area contributed by atoms with Crippen LogP contribution in [-0.2, 0) is 9.47 Å². The molecule has 0 atom stereocenters. The molecule has 1 rings (SSSR count). The van der Waals surface area contributed by atoms with E-state index in [1.807, 2.05) is 0 Å². The SMILES string of the molecule is COCCCOCCN(C)CCC1CCNCC1. The number of methoxy groups -OCH3 is 1. The van der Waals surface area contributed by atoms with E-state index in [0.29, 0.717) is 0 Å². The van der Waals surface area contributed by atoms with Crippen LogP contribution in [0.1, 0.15) is 25.7 Å². The summed E-state index contributed by atoms with van der Waals surface area (Å²) in [4.78, 5) is 2.39. The summed E-state index contributed by atoms with van der Waals surface area (Å²) in [6.07, 6.45) is 5.03. The number of nitrogens with one attached hydrogen (secondary N) is 1. The lowest BCUT2D eigenvalue weighted by Gasteiger charge is -2.25. The van der Waals surface area contributed by atoms with Crippen LogP contribution in [0.25, 0.3) is 0 Å². The molecule has 4 heteroatoms. The molecular formula is C14H30N2O2. The van der Waals surface area contributed by atoms with Gasteiger partial charge >= 0.3 is 0 Å². The molecule has 0 aromatic rings. The van der Waals surface area contributed by atoms with E-state index in [1.54, 1.807) is 7.11 Å². The third-order valence-corrected chi connectivity index (χ3v) is 3.63. The van der Waals surface area contributed by atoms with Gasteiger partial charge in [-0.2, -0.15) is 0 Å². The molecule has 1 heterocycles. The van der Waals surface area contributed by atoms with Gasteiger partial charge in [0.1, 0.15) is 0 Å². The predicted molar refractivity (Wildman–Crippen MR) is 75.0 cm³/mol. The highest BCUT2D eigenvalue weighted by molar-refractivity contribution is 4.69. The van der Waals surface area contributed by atoms with E-state index in [1.165, 1.54) is 38.9 Å². The fraction of sp³-hybridized carbons (Fsp3) is 1.00. The lowest BCUT2D eigenvalue weighted by molar-refractivity contribution is 0.0874. The summed E-state index contributed by atoms with van der Waals surface area (Å²) >= 11 is 0. The van der Waals surface area contributed by atoms with E-state index < -0.39 is 0 Å². The third-order valence-electron chi connectivity index (χ3n) is 3.63. The monoisotopic (exact) mass is 258 g/mol. The van der Waals surface area contributed by atoms with Gasteiger partial charge in [-0.3, -0.25) is 0 Å². The summed E-state index contributed by atoms with van der Waals surface area (Å²) in [5, 5.41) is 3.42. The Hall–Kier alpha value is -0.160. The molecule has 1 aliphatic rings. The van der Waals surface area contributed by atoms with Gasteiger partial charge in [0.05, 0.1) is 6.61 Å². The van der Waals surface area contributed by atoms with E-state index in [9.17, 15) is 0 Å². The smallest absolute Gasteiger partial charge is 0.0593 e. The van der Waals surface area contributed by atoms with E-state index in [2.05, 4.69) is 17.3 Å². The Morgan fingerprint density at radius 3 is 2.61 bits per heavy atom. The molecule has 0 spiro atoms. The van der Waals surface area contributed by atoms with Crippen molar-refractivity contribution in [1.82, 2.24) is 10.2 Å². The first-order valence-corrected chi connectivity index (χ1v) is 7.29. The first-order chi connectivity index (χ1) is 8.83. The first-order valence-electron chi connectivity index (χ1n) is 7.29. The first kappa shape index (κ1) is 15.9. The van der Waals surface area contributed by atoms with Gasteiger partial charge in [-0.15, -0.1) is 0 Å². The van der Waals surface area contributed by atoms with Crippen molar-refractivity contribution in [2.24, 2.45) is 5.92 Å². The summed E-state index contributed by atoms with van der Waals surface area (Å²) in [6, 6.07) is 0. The van der Waals surface area contributed by atoms with Gasteiger partial charge in [-0.1, -0.05) is 0 Å². The quantitative estimate of drug-likeness (QED) is 0.600. The minimum atomic E-state index is 0.797. The minimum Gasteiger partial charge on any atom is -0.385 e. The second kappa shape index (κ2) is 10.7. The number of hydrogen-bond acceptors (Lipinski definition) is 4. The number of likely N-dealkylation sites (N-methyl/N-ethyl adjacent to an activating group) is 1. The van der Waals surface area contributed by atoms with Gasteiger partial charge in [-0.05, 0) is 58.3 Å². The molecule has 1 aliphatic heterocycles. The van der Waals surface area contributed by atoms with Crippen LogP contribution >= 0.6 is 0 Å². The van der Waals surface area contributed by atoms with E-state index in [-0.39, 0.29) is 0 Å².